The lowest BCUT2D eigenvalue weighted by Gasteiger charge is -2.30. The Morgan fingerprint density at radius 1 is 1.20 bits per heavy atom. The highest BCUT2D eigenvalue weighted by molar-refractivity contribution is 5.80. The summed E-state index contributed by atoms with van der Waals surface area (Å²) in [6.45, 7) is 3.62. The fraction of sp³-hybridized carbons (Fsp3) is 0.867. The fourth-order valence-electron chi connectivity index (χ4n) is 2.65. The second-order valence-corrected chi connectivity index (χ2v) is 5.77. The molecule has 0 radical (unpaired) electrons. The van der Waals surface area contributed by atoms with Gasteiger partial charge in [0.15, 0.2) is 0 Å². The molecule has 1 atom stereocenters. The molecule has 0 aromatic carbocycles. The van der Waals surface area contributed by atoms with Crippen molar-refractivity contribution in [2.75, 3.05) is 6.54 Å². The Kier molecular flexibility index (Phi) is 7.41. The van der Waals surface area contributed by atoms with Gasteiger partial charge in [-0.3, -0.25) is 4.79 Å². The topological polar surface area (TPSA) is 69.6 Å². The third-order valence-corrected chi connectivity index (χ3v) is 4.12. The highest BCUT2D eigenvalue weighted by Gasteiger charge is 2.23. The van der Waals surface area contributed by atoms with E-state index in [4.69, 9.17) is 5.11 Å². The van der Waals surface area contributed by atoms with Gasteiger partial charge >= 0.3 is 12.0 Å². The Morgan fingerprint density at radius 3 is 2.25 bits per heavy atom. The van der Waals surface area contributed by atoms with E-state index in [1.54, 1.807) is 0 Å². The smallest absolute Gasteiger partial charge is 0.323 e. The number of nitrogens with zero attached hydrogens (tertiary/aromatic N) is 1. The first-order chi connectivity index (χ1) is 9.54. The maximum absolute atomic E-state index is 12.3. The summed E-state index contributed by atoms with van der Waals surface area (Å²) in [6, 6.07) is -0.0878. The molecule has 5 nitrogen and oxygen atoms in total. The fourth-order valence-corrected chi connectivity index (χ4v) is 2.65. The van der Waals surface area contributed by atoms with Gasteiger partial charge in [-0.2, -0.15) is 0 Å². The highest BCUT2D eigenvalue weighted by Crippen LogP contribution is 2.17. The van der Waals surface area contributed by atoms with Crippen LogP contribution in [0.25, 0.3) is 0 Å². The zero-order valence-electron chi connectivity index (χ0n) is 12.7. The van der Waals surface area contributed by atoms with E-state index in [2.05, 4.69) is 5.32 Å². The first-order valence-electron chi connectivity index (χ1n) is 7.83. The summed E-state index contributed by atoms with van der Waals surface area (Å²) >= 11 is 0. The van der Waals surface area contributed by atoms with E-state index >= 15 is 0 Å². The van der Waals surface area contributed by atoms with Crippen LogP contribution in [0.3, 0.4) is 0 Å². The van der Waals surface area contributed by atoms with Crippen LogP contribution in [0.1, 0.15) is 65.2 Å². The summed E-state index contributed by atoms with van der Waals surface area (Å²) in [6.07, 6.45) is 8.82. The van der Waals surface area contributed by atoms with Crippen molar-refractivity contribution in [3.63, 3.8) is 0 Å². The van der Waals surface area contributed by atoms with Crippen LogP contribution in [-0.4, -0.2) is 40.6 Å². The molecule has 20 heavy (non-hydrogen) atoms. The van der Waals surface area contributed by atoms with Crippen LogP contribution in [0.5, 0.6) is 0 Å². The van der Waals surface area contributed by atoms with Gasteiger partial charge in [-0.1, -0.05) is 39.0 Å². The molecule has 1 rings (SSSR count). The summed E-state index contributed by atoms with van der Waals surface area (Å²) < 4.78 is 0. The maximum atomic E-state index is 12.3. The number of hydrogen-bond acceptors (Lipinski definition) is 2. The van der Waals surface area contributed by atoms with Crippen molar-refractivity contribution >= 4 is 12.0 Å². The number of rotatable bonds is 5. The van der Waals surface area contributed by atoms with Crippen molar-refractivity contribution in [1.29, 1.82) is 0 Å². The minimum atomic E-state index is -0.960. The summed E-state index contributed by atoms with van der Waals surface area (Å²) in [5.74, 6) is -0.960. The van der Waals surface area contributed by atoms with Crippen LogP contribution >= 0.6 is 0 Å². The lowest BCUT2D eigenvalue weighted by atomic mass is 9.97. The van der Waals surface area contributed by atoms with Crippen molar-refractivity contribution < 1.29 is 14.7 Å². The zero-order chi connectivity index (χ0) is 15.0. The number of carbonyl (C=O) groups excluding carboxylic acids is 1. The Morgan fingerprint density at radius 2 is 1.75 bits per heavy atom. The van der Waals surface area contributed by atoms with Gasteiger partial charge in [0.25, 0.3) is 0 Å². The summed E-state index contributed by atoms with van der Waals surface area (Å²) in [5.41, 5.74) is 0. The Bertz CT molecular complexity index is 312. The third-order valence-electron chi connectivity index (χ3n) is 4.12. The zero-order valence-corrected chi connectivity index (χ0v) is 12.7. The van der Waals surface area contributed by atoms with E-state index < -0.39 is 5.97 Å². The SMILES string of the molecule is CCC(C)N(CC(=O)O)C(=O)NC1CCCCCCC1. The molecule has 116 valence electrons. The molecule has 2 amide bonds. The predicted molar refractivity (Wildman–Crippen MR) is 78.7 cm³/mol. The normalized spacial score (nSPS) is 18.7. The number of nitrogens with one attached hydrogen (secondary N) is 1. The Hall–Kier alpha value is -1.26. The molecule has 5 heteroatoms. The van der Waals surface area contributed by atoms with Crippen LogP contribution in [0.2, 0.25) is 0 Å². The van der Waals surface area contributed by atoms with E-state index in [0.29, 0.717) is 0 Å². The minimum Gasteiger partial charge on any atom is -0.480 e. The van der Waals surface area contributed by atoms with Gasteiger partial charge in [-0.15, -0.1) is 0 Å². The van der Waals surface area contributed by atoms with Gasteiger partial charge in [0.2, 0.25) is 0 Å². The number of amides is 2. The number of carboxylic acids is 1. The number of carboxylic acid groups (broad SMARTS) is 1. The standard InChI is InChI=1S/C15H28N2O3/c1-3-12(2)17(11-14(18)19)15(20)16-13-9-7-5-4-6-8-10-13/h12-13H,3-11H2,1-2H3,(H,16,20)(H,18,19). The summed E-state index contributed by atoms with van der Waals surface area (Å²) in [7, 11) is 0. The lowest BCUT2D eigenvalue weighted by molar-refractivity contribution is -0.138. The summed E-state index contributed by atoms with van der Waals surface area (Å²) in [4.78, 5) is 24.6. The molecule has 1 aliphatic rings. The first-order valence-corrected chi connectivity index (χ1v) is 7.83. The van der Waals surface area contributed by atoms with Crippen molar-refractivity contribution in [2.24, 2.45) is 0 Å². The van der Waals surface area contributed by atoms with E-state index in [1.165, 1.54) is 24.2 Å². The lowest BCUT2D eigenvalue weighted by Crippen LogP contribution is -2.50. The monoisotopic (exact) mass is 284 g/mol. The van der Waals surface area contributed by atoms with Crippen molar-refractivity contribution in [3.8, 4) is 0 Å². The van der Waals surface area contributed by atoms with Gasteiger partial charge in [-0.25, -0.2) is 4.79 Å². The van der Waals surface area contributed by atoms with Gasteiger partial charge < -0.3 is 15.3 Å². The van der Waals surface area contributed by atoms with Crippen LogP contribution < -0.4 is 5.32 Å². The van der Waals surface area contributed by atoms with Gasteiger partial charge in [-0.05, 0) is 26.2 Å². The molecule has 1 aliphatic carbocycles. The molecule has 0 aromatic rings. The molecule has 0 spiro atoms. The molecule has 0 bridgehead atoms. The second kappa shape index (κ2) is 8.82. The molecule has 1 unspecified atom stereocenters. The van der Waals surface area contributed by atoms with E-state index in [1.807, 2.05) is 13.8 Å². The van der Waals surface area contributed by atoms with E-state index in [-0.39, 0.29) is 24.7 Å². The number of hydrogen-bond donors (Lipinski definition) is 2. The highest BCUT2D eigenvalue weighted by atomic mass is 16.4. The van der Waals surface area contributed by atoms with E-state index in [0.717, 1.165) is 32.1 Å². The molecule has 2 N–H and O–H groups in total. The van der Waals surface area contributed by atoms with Crippen LogP contribution in [0.4, 0.5) is 4.79 Å². The molecule has 0 heterocycles. The van der Waals surface area contributed by atoms with Gasteiger partial charge in [0, 0.05) is 12.1 Å². The molecule has 0 aromatic heterocycles. The van der Waals surface area contributed by atoms with Gasteiger partial charge in [0.05, 0.1) is 0 Å². The van der Waals surface area contributed by atoms with Crippen molar-refractivity contribution in [1.82, 2.24) is 10.2 Å². The minimum absolute atomic E-state index is 0.0559. The van der Waals surface area contributed by atoms with Crippen molar-refractivity contribution in [2.45, 2.75) is 77.3 Å². The largest absolute Gasteiger partial charge is 0.480 e. The molecule has 1 fully saturated rings. The molecule has 0 aliphatic heterocycles. The average Bonchev–Trinajstić information content (AvgIpc) is 2.37. The number of carbonyl (C=O) groups is 2. The van der Waals surface area contributed by atoms with Crippen LogP contribution in [-0.2, 0) is 4.79 Å². The molecular formula is C15H28N2O3. The Balaban J connectivity index is 2.56. The predicted octanol–water partition coefficient (Wildman–Crippen LogP) is 2.99. The third kappa shape index (κ3) is 5.80. The number of urea groups is 1. The Labute approximate surface area is 121 Å². The maximum Gasteiger partial charge on any atom is 0.323 e. The number of aliphatic carboxylic acids is 1. The van der Waals surface area contributed by atoms with E-state index in [9.17, 15) is 9.59 Å². The molecular weight excluding hydrogens is 256 g/mol. The van der Waals surface area contributed by atoms with Gasteiger partial charge in [0.1, 0.15) is 6.54 Å². The first kappa shape index (κ1) is 16.8. The van der Waals surface area contributed by atoms with Crippen LogP contribution in [0, 0.1) is 0 Å². The summed E-state index contributed by atoms with van der Waals surface area (Å²) in [5, 5.41) is 12.0. The average molecular weight is 284 g/mol. The van der Waals surface area contributed by atoms with Crippen molar-refractivity contribution in [3.05, 3.63) is 0 Å². The van der Waals surface area contributed by atoms with Crippen LogP contribution in [0.15, 0.2) is 0 Å². The molecule has 1 saturated carbocycles. The molecule has 0 saturated heterocycles. The quantitative estimate of drug-likeness (QED) is 0.815. The second-order valence-electron chi connectivity index (χ2n) is 5.77.